The van der Waals surface area contributed by atoms with E-state index < -0.39 is 12.0 Å². The fourth-order valence-electron chi connectivity index (χ4n) is 1.66. The van der Waals surface area contributed by atoms with Crippen molar-refractivity contribution in [3.05, 3.63) is 30.6 Å². The number of aromatic nitrogens is 3. The van der Waals surface area contributed by atoms with Crippen LogP contribution in [-0.2, 0) is 4.79 Å². The van der Waals surface area contributed by atoms with Crippen molar-refractivity contribution in [3.63, 3.8) is 0 Å². The molecule has 18 heavy (non-hydrogen) atoms. The summed E-state index contributed by atoms with van der Waals surface area (Å²) in [6, 6.07) is 6.43. The van der Waals surface area contributed by atoms with Crippen molar-refractivity contribution in [2.45, 2.75) is 19.4 Å². The number of nitrogen functional groups attached to an aromatic ring is 1. The van der Waals surface area contributed by atoms with Gasteiger partial charge in [-0.25, -0.2) is 14.5 Å². The first-order valence-corrected chi connectivity index (χ1v) is 5.61. The molecule has 0 spiro atoms. The van der Waals surface area contributed by atoms with Crippen LogP contribution >= 0.6 is 0 Å². The standard InChI is InChI=1S/C12H14N4O2/c1-2-10(12(17)18)16-7-14-11(15-16)8-3-5-9(13)6-4-8/h3-7,10H,2,13H2,1H3,(H,17,18). The average molecular weight is 246 g/mol. The van der Waals surface area contributed by atoms with Crippen LogP contribution in [0.3, 0.4) is 0 Å². The van der Waals surface area contributed by atoms with Crippen LogP contribution in [-0.4, -0.2) is 25.8 Å². The Morgan fingerprint density at radius 3 is 2.67 bits per heavy atom. The molecule has 0 aliphatic carbocycles. The molecule has 1 aromatic carbocycles. The van der Waals surface area contributed by atoms with Crippen LogP contribution in [0.15, 0.2) is 30.6 Å². The Bertz CT molecular complexity index is 547. The molecule has 3 N–H and O–H groups in total. The van der Waals surface area contributed by atoms with Crippen LogP contribution in [0.4, 0.5) is 5.69 Å². The number of anilines is 1. The SMILES string of the molecule is CCC(C(=O)O)n1cnc(-c2ccc(N)cc2)n1. The van der Waals surface area contributed by atoms with Gasteiger partial charge in [-0.2, -0.15) is 5.10 Å². The van der Waals surface area contributed by atoms with Crippen molar-refractivity contribution in [2.24, 2.45) is 0 Å². The molecule has 0 saturated carbocycles. The van der Waals surface area contributed by atoms with Crippen molar-refractivity contribution in [1.29, 1.82) is 0 Å². The van der Waals surface area contributed by atoms with Crippen LogP contribution in [0, 0.1) is 0 Å². The second-order valence-corrected chi connectivity index (χ2v) is 3.93. The molecule has 0 fully saturated rings. The zero-order valence-corrected chi connectivity index (χ0v) is 9.95. The number of carboxylic acids is 1. The minimum absolute atomic E-state index is 0.458. The molecule has 1 aromatic heterocycles. The summed E-state index contributed by atoms with van der Waals surface area (Å²) in [7, 11) is 0. The molecule has 1 atom stereocenters. The highest BCUT2D eigenvalue weighted by atomic mass is 16.4. The van der Waals surface area contributed by atoms with Gasteiger partial charge >= 0.3 is 5.97 Å². The molecule has 0 aliphatic heterocycles. The van der Waals surface area contributed by atoms with Crippen molar-refractivity contribution in [1.82, 2.24) is 14.8 Å². The van der Waals surface area contributed by atoms with Gasteiger partial charge < -0.3 is 10.8 Å². The van der Waals surface area contributed by atoms with Gasteiger partial charge in [-0.1, -0.05) is 6.92 Å². The molecule has 0 bridgehead atoms. The minimum atomic E-state index is -0.911. The molecule has 2 rings (SSSR count). The van der Waals surface area contributed by atoms with Gasteiger partial charge in [0.1, 0.15) is 6.33 Å². The summed E-state index contributed by atoms with van der Waals surface area (Å²) < 4.78 is 1.37. The van der Waals surface area contributed by atoms with Crippen molar-refractivity contribution < 1.29 is 9.90 Å². The lowest BCUT2D eigenvalue weighted by molar-refractivity contribution is -0.141. The summed E-state index contributed by atoms with van der Waals surface area (Å²) in [5.41, 5.74) is 7.07. The normalized spacial score (nSPS) is 12.3. The van der Waals surface area contributed by atoms with Gasteiger partial charge in [0.2, 0.25) is 0 Å². The van der Waals surface area contributed by atoms with E-state index >= 15 is 0 Å². The molecular weight excluding hydrogens is 232 g/mol. The number of nitrogens with zero attached hydrogens (tertiary/aromatic N) is 3. The Morgan fingerprint density at radius 1 is 1.44 bits per heavy atom. The monoisotopic (exact) mass is 246 g/mol. The topological polar surface area (TPSA) is 94.0 Å². The smallest absolute Gasteiger partial charge is 0.328 e. The summed E-state index contributed by atoms with van der Waals surface area (Å²) in [6.07, 6.45) is 1.90. The maximum absolute atomic E-state index is 11.0. The quantitative estimate of drug-likeness (QED) is 0.798. The van der Waals surface area contributed by atoms with Gasteiger partial charge in [0.15, 0.2) is 11.9 Å². The van der Waals surface area contributed by atoms with Crippen molar-refractivity contribution >= 4 is 11.7 Å². The Labute approximate surface area is 104 Å². The third kappa shape index (κ3) is 2.32. The predicted octanol–water partition coefficient (Wildman–Crippen LogP) is 1.56. The van der Waals surface area contributed by atoms with E-state index in [0.717, 1.165) is 5.56 Å². The highest BCUT2D eigenvalue weighted by Gasteiger charge is 2.19. The van der Waals surface area contributed by atoms with E-state index in [1.807, 2.05) is 0 Å². The fraction of sp³-hybridized carbons (Fsp3) is 0.250. The Balaban J connectivity index is 2.30. The summed E-state index contributed by atoms with van der Waals surface area (Å²) in [6.45, 7) is 1.79. The number of hydrogen-bond donors (Lipinski definition) is 2. The lowest BCUT2D eigenvalue weighted by atomic mass is 10.2. The number of aliphatic carboxylic acids is 1. The van der Waals surface area contributed by atoms with Crippen LogP contribution in [0.2, 0.25) is 0 Å². The molecule has 6 nitrogen and oxygen atoms in total. The largest absolute Gasteiger partial charge is 0.480 e. The minimum Gasteiger partial charge on any atom is -0.480 e. The van der Waals surface area contributed by atoms with E-state index in [4.69, 9.17) is 10.8 Å². The van der Waals surface area contributed by atoms with Crippen molar-refractivity contribution in [2.75, 3.05) is 5.73 Å². The molecule has 0 aliphatic rings. The lowest BCUT2D eigenvalue weighted by Crippen LogP contribution is -2.18. The van der Waals surface area contributed by atoms with Crippen LogP contribution in [0.1, 0.15) is 19.4 Å². The lowest BCUT2D eigenvalue weighted by Gasteiger charge is -2.08. The molecule has 94 valence electrons. The summed E-state index contributed by atoms with van der Waals surface area (Å²) >= 11 is 0. The summed E-state index contributed by atoms with van der Waals surface area (Å²) in [5.74, 6) is -0.416. The number of carboxylic acid groups (broad SMARTS) is 1. The van der Waals surface area contributed by atoms with Gasteiger partial charge in [0, 0.05) is 11.3 Å². The van der Waals surface area contributed by atoms with Gasteiger partial charge in [0.05, 0.1) is 0 Å². The number of nitrogens with two attached hydrogens (primary N) is 1. The summed E-state index contributed by atoms with van der Waals surface area (Å²) in [4.78, 5) is 15.1. The number of benzene rings is 1. The third-order valence-electron chi connectivity index (χ3n) is 2.67. The highest BCUT2D eigenvalue weighted by molar-refractivity contribution is 5.71. The number of hydrogen-bond acceptors (Lipinski definition) is 4. The fourth-order valence-corrected chi connectivity index (χ4v) is 1.66. The van der Waals surface area contributed by atoms with Crippen LogP contribution < -0.4 is 5.73 Å². The Morgan fingerprint density at radius 2 is 2.11 bits per heavy atom. The van der Waals surface area contributed by atoms with Gasteiger partial charge in [0.25, 0.3) is 0 Å². The first-order chi connectivity index (χ1) is 8.61. The van der Waals surface area contributed by atoms with Crippen LogP contribution in [0.25, 0.3) is 11.4 Å². The predicted molar refractivity (Wildman–Crippen MR) is 66.8 cm³/mol. The highest BCUT2D eigenvalue weighted by Crippen LogP contribution is 2.18. The summed E-state index contributed by atoms with van der Waals surface area (Å²) in [5, 5.41) is 13.2. The molecule has 1 heterocycles. The van der Waals surface area contributed by atoms with Crippen LogP contribution in [0.5, 0.6) is 0 Å². The first-order valence-electron chi connectivity index (χ1n) is 5.61. The van der Waals surface area contributed by atoms with E-state index in [-0.39, 0.29) is 0 Å². The molecule has 0 saturated heterocycles. The zero-order valence-electron chi connectivity index (χ0n) is 9.95. The zero-order chi connectivity index (χ0) is 13.1. The molecule has 2 aromatic rings. The third-order valence-corrected chi connectivity index (χ3v) is 2.67. The number of carbonyl (C=O) groups is 1. The molecule has 1 unspecified atom stereocenters. The first kappa shape index (κ1) is 12.1. The van der Waals surface area contributed by atoms with Gasteiger partial charge in [-0.15, -0.1) is 0 Å². The average Bonchev–Trinajstić information content (AvgIpc) is 2.80. The van der Waals surface area contributed by atoms with Gasteiger partial charge in [-0.3, -0.25) is 0 Å². The maximum Gasteiger partial charge on any atom is 0.328 e. The van der Waals surface area contributed by atoms with E-state index in [1.165, 1.54) is 11.0 Å². The second-order valence-electron chi connectivity index (χ2n) is 3.93. The van der Waals surface area contributed by atoms with E-state index in [9.17, 15) is 4.79 Å². The van der Waals surface area contributed by atoms with Crippen molar-refractivity contribution in [3.8, 4) is 11.4 Å². The molecule has 0 radical (unpaired) electrons. The van der Waals surface area contributed by atoms with E-state index in [2.05, 4.69) is 10.1 Å². The molecule has 0 amide bonds. The number of rotatable bonds is 4. The van der Waals surface area contributed by atoms with Gasteiger partial charge in [-0.05, 0) is 30.7 Å². The maximum atomic E-state index is 11.0. The second kappa shape index (κ2) is 4.87. The van der Waals surface area contributed by atoms with E-state index in [0.29, 0.717) is 17.9 Å². The Hall–Kier alpha value is -2.37. The molecule has 6 heteroatoms. The van der Waals surface area contributed by atoms with E-state index in [1.54, 1.807) is 31.2 Å². The Kier molecular flexibility index (Phi) is 3.27. The molecular formula is C12H14N4O2.